The molecule has 0 bridgehead atoms. The summed E-state index contributed by atoms with van der Waals surface area (Å²) in [7, 11) is 5.64. The molecule has 0 aromatic heterocycles. The number of hydrogen-bond acceptors (Lipinski definition) is 5. The summed E-state index contributed by atoms with van der Waals surface area (Å²) in [6.07, 6.45) is 3.12. The van der Waals surface area contributed by atoms with Crippen LogP contribution in [0.25, 0.3) is 0 Å². The van der Waals surface area contributed by atoms with Crippen molar-refractivity contribution in [3.8, 4) is 0 Å². The second-order valence-corrected chi connectivity index (χ2v) is 6.21. The van der Waals surface area contributed by atoms with E-state index in [2.05, 4.69) is 23.9 Å². The summed E-state index contributed by atoms with van der Waals surface area (Å²) in [5.74, 6) is 0.478. The maximum absolute atomic E-state index is 11.5. The molecule has 1 heterocycles. The van der Waals surface area contributed by atoms with E-state index < -0.39 is 5.54 Å². The average Bonchev–Trinajstić information content (AvgIpc) is 2.36. The highest BCUT2D eigenvalue weighted by Gasteiger charge is 2.30. The van der Waals surface area contributed by atoms with E-state index in [-0.39, 0.29) is 5.97 Å². The van der Waals surface area contributed by atoms with Crippen molar-refractivity contribution in [3.05, 3.63) is 0 Å². The Morgan fingerprint density at radius 1 is 1.42 bits per heavy atom. The van der Waals surface area contributed by atoms with Gasteiger partial charge in [0.15, 0.2) is 0 Å². The molecule has 0 aromatic rings. The quantitative estimate of drug-likeness (QED) is 0.715. The first kappa shape index (κ1) is 16.4. The lowest BCUT2D eigenvalue weighted by Gasteiger charge is -2.34. The molecule has 1 unspecified atom stereocenters. The van der Waals surface area contributed by atoms with Crippen LogP contribution in [0.15, 0.2) is 0 Å². The molecule has 0 aliphatic carbocycles. The van der Waals surface area contributed by atoms with E-state index in [4.69, 9.17) is 10.5 Å². The van der Waals surface area contributed by atoms with E-state index in [1.807, 2.05) is 0 Å². The van der Waals surface area contributed by atoms with Gasteiger partial charge in [0, 0.05) is 13.1 Å². The van der Waals surface area contributed by atoms with Gasteiger partial charge in [-0.1, -0.05) is 0 Å². The molecule has 0 aromatic carbocycles. The van der Waals surface area contributed by atoms with Gasteiger partial charge in [0.25, 0.3) is 0 Å². The maximum Gasteiger partial charge on any atom is 0.325 e. The van der Waals surface area contributed by atoms with Crippen LogP contribution >= 0.6 is 0 Å². The summed E-state index contributed by atoms with van der Waals surface area (Å²) < 4.78 is 4.73. The van der Waals surface area contributed by atoms with Crippen molar-refractivity contribution in [1.82, 2.24) is 9.80 Å². The number of nitrogens with zero attached hydrogens (tertiary/aromatic N) is 2. The molecule has 112 valence electrons. The van der Waals surface area contributed by atoms with Gasteiger partial charge in [0.1, 0.15) is 5.54 Å². The maximum atomic E-state index is 11.5. The Morgan fingerprint density at radius 2 is 2.00 bits per heavy atom. The molecule has 2 N–H and O–H groups in total. The predicted molar refractivity (Wildman–Crippen MR) is 76.9 cm³/mol. The summed E-state index contributed by atoms with van der Waals surface area (Å²) in [4.78, 5) is 16.2. The van der Waals surface area contributed by atoms with Gasteiger partial charge < -0.3 is 20.3 Å². The second-order valence-electron chi connectivity index (χ2n) is 6.21. The lowest BCUT2D eigenvalue weighted by atomic mass is 9.94. The largest absolute Gasteiger partial charge is 0.468 e. The standard InChI is InChI=1S/C14H29N3O2/c1-14(15,13(18)19-4)7-10-17-8-5-12(6-9-17)11-16(2)3/h12H,5-11,15H2,1-4H3. The van der Waals surface area contributed by atoms with E-state index in [0.29, 0.717) is 6.42 Å². The van der Waals surface area contributed by atoms with E-state index in [0.717, 1.165) is 25.6 Å². The van der Waals surface area contributed by atoms with Gasteiger partial charge in [0.2, 0.25) is 0 Å². The van der Waals surface area contributed by atoms with E-state index >= 15 is 0 Å². The molecule has 1 aliphatic rings. The van der Waals surface area contributed by atoms with Crippen molar-refractivity contribution < 1.29 is 9.53 Å². The molecule has 5 nitrogen and oxygen atoms in total. The first-order chi connectivity index (χ1) is 8.85. The summed E-state index contributed by atoms with van der Waals surface area (Å²) >= 11 is 0. The Hall–Kier alpha value is -0.650. The van der Waals surface area contributed by atoms with Crippen molar-refractivity contribution in [2.45, 2.75) is 31.7 Å². The third kappa shape index (κ3) is 5.47. The molecule has 1 fully saturated rings. The number of carbonyl (C=O) groups excluding carboxylic acids is 1. The smallest absolute Gasteiger partial charge is 0.325 e. The minimum absolute atomic E-state index is 0.324. The van der Waals surface area contributed by atoms with E-state index in [9.17, 15) is 4.79 Å². The SMILES string of the molecule is COC(=O)C(C)(N)CCN1CCC(CN(C)C)CC1. The lowest BCUT2D eigenvalue weighted by molar-refractivity contribution is -0.146. The third-order valence-corrected chi connectivity index (χ3v) is 3.93. The minimum atomic E-state index is -0.866. The normalized spacial score (nSPS) is 21.4. The monoisotopic (exact) mass is 271 g/mol. The van der Waals surface area contributed by atoms with E-state index in [1.165, 1.54) is 26.5 Å². The Balaban J connectivity index is 2.28. The summed E-state index contributed by atoms with van der Waals surface area (Å²) in [5, 5.41) is 0. The highest BCUT2D eigenvalue weighted by atomic mass is 16.5. The number of methoxy groups -OCH3 is 1. The minimum Gasteiger partial charge on any atom is -0.468 e. The lowest BCUT2D eigenvalue weighted by Crippen LogP contribution is -2.49. The predicted octanol–water partition coefficient (Wildman–Crippen LogP) is 0.541. The van der Waals surface area contributed by atoms with Gasteiger partial charge in [0.05, 0.1) is 7.11 Å². The third-order valence-electron chi connectivity index (χ3n) is 3.93. The number of esters is 1. The van der Waals surface area contributed by atoms with Crippen molar-refractivity contribution in [3.63, 3.8) is 0 Å². The molecule has 1 aliphatic heterocycles. The van der Waals surface area contributed by atoms with Crippen LogP contribution in [0, 0.1) is 5.92 Å². The number of nitrogens with two attached hydrogens (primary N) is 1. The van der Waals surface area contributed by atoms with Gasteiger partial charge in [-0.15, -0.1) is 0 Å². The van der Waals surface area contributed by atoms with Crippen LogP contribution in [-0.4, -0.2) is 68.7 Å². The van der Waals surface area contributed by atoms with Gasteiger partial charge in [-0.05, 0) is 59.3 Å². The Kier molecular flexibility index (Phi) is 6.23. The molecule has 0 saturated carbocycles. The zero-order valence-electron chi connectivity index (χ0n) is 12.8. The van der Waals surface area contributed by atoms with Gasteiger partial charge in [-0.3, -0.25) is 4.79 Å². The molecular formula is C14H29N3O2. The van der Waals surface area contributed by atoms with Crippen molar-refractivity contribution in [2.24, 2.45) is 11.7 Å². The molecule has 1 saturated heterocycles. The van der Waals surface area contributed by atoms with Crippen molar-refractivity contribution >= 4 is 5.97 Å². The number of ether oxygens (including phenoxy) is 1. The van der Waals surface area contributed by atoms with Crippen LogP contribution in [0.5, 0.6) is 0 Å². The number of carbonyl (C=O) groups is 1. The van der Waals surface area contributed by atoms with Crippen LogP contribution in [0.1, 0.15) is 26.2 Å². The molecule has 0 amide bonds. The Labute approximate surface area is 117 Å². The average molecular weight is 271 g/mol. The Morgan fingerprint density at radius 3 is 2.47 bits per heavy atom. The zero-order valence-corrected chi connectivity index (χ0v) is 12.8. The number of piperidine rings is 1. The Bertz CT molecular complexity index is 284. The molecule has 0 spiro atoms. The van der Waals surface area contributed by atoms with Crippen LogP contribution in [-0.2, 0) is 9.53 Å². The fourth-order valence-electron chi connectivity index (χ4n) is 2.63. The van der Waals surface area contributed by atoms with Crippen molar-refractivity contribution in [2.75, 3.05) is 47.4 Å². The van der Waals surface area contributed by atoms with Gasteiger partial charge in [-0.2, -0.15) is 0 Å². The molecule has 1 atom stereocenters. The first-order valence-corrected chi connectivity index (χ1v) is 7.09. The van der Waals surface area contributed by atoms with Crippen LogP contribution in [0.4, 0.5) is 0 Å². The van der Waals surface area contributed by atoms with Crippen LogP contribution < -0.4 is 5.73 Å². The van der Waals surface area contributed by atoms with Gasteiger partial charge >= 0.3 is 5.97 Å². The first-order valence-electron chi connectivity index (χ1n) is 7.09. The van der Waals surface area contributed by atoms with Crippen LogP contribution in [0.3, 0.4) is 0 Å². The second kappa shape index (κ2) is 7.22. The van der Waals surface area contributed by atoms with Crippen LogP contribution in [0.2, 0.25) is 0 Å². The molecule has 0 radical (unpaired) electrons. The molecule has 19 heavy (non-hydrogen) atoms. The van der Waals surface area contributed by atoms with E-state index in [1.54, 1.807) is 6.92 Å². The summed E-state index contributed by atoms with van der Waals surface area (Å²) in [6, 6.07) is 0. The number of rotatable bonds is 6. The summed E-state index contributed by atoms with van der Waals surface area (Å²) in [5.41, 5.74) is 5.11. The molecule has 1 rings (SSSR count). The topological polar surface area (TPSA) is 58.8 Å². The number of hydrogen-bond donors (Lipinski definition) is 1. The van der Waals surface area contributed by atoms with Crippen molar-refractivity contribution in [1.29, 1.82) is 0 Å². The molecule has 5 heteroatoms. The highest BCUT2D eigenvalue weighted by Crippen LogP contribution is 2.19. The highest BCUT2D eigenvalue weighted by molar-refractivity contribution is 5.79. The summed E-state index contributed by atoms with van der Waals surface area (Å²) in [6.45, 7) is 6.00. The fraction of sp³-hybridized carbons (Fsp3) is 0.929. The van der Waals surface area contributed by atoms with Gasteiger partial charge in [-0.25, -0.2) is 0 Å². The zero-order chi connectivity index (χ0) is 14.5. The fourth-order valence-corrected chi connectivity index (χ4v) is 2.63. The number of likely N-dealkylation sites (tertiary alicyclic amines) is 1. The molecular weight excluding hydrogens is 242 g/mol.